The van der Waals surface area contributed by atoms with E-state index in [9.17, 15) is 4.79 Å². The number of ether oxygens (including phenoxy) is 3. The third-order valence-corrected chi connectivity index (χ3v) is 3.26. The maximum absolute atomic E-state index is 11.7. The first-order valence-corrected chi connectivity index (χ1v) is 6.96. The van der Waals surface area contributed by atoms with Crippen LogP contribution in [0.15, 0.2) is 47.4 Å². The number of benzene rings is 1. The Morgan fingerprint density at radius 2 is 2.14 bits per heavy atom. The third-order valence-electron chi connectivity index (χ3n) is 3.26. The molecule has 1 unspecified atom stereocenters. The lowest BCUT2D eigenvalue weighted by molar-refractivity contribution is -0.118. The Labute approximate surface area is 127 Å². The van der Waals surface area contributed by atoms with Crippen LogP contribution < -0.4 is 11.4 Å². The first-order chi connectivity index (χ1) is 10.7. The Morgan fingerprint density at radius 1 is 1.32 bits per heavy atom. The summed E-state index contributed by atoms with van der Waals surface area (Å²) in [4.78, 5) is 15.4. The fourth-order valence-electron chi connectivity index (χ4n) is 2.17. The van der Waals surface area contributed by atoms with Crippen LogP contribution in [0.3, 0.4) is 0 Å². The van der Waals surface area contributed by atoms with Crippen LogP contribution in [0.2, 0.25) is 0 Å². The van der Waals surface area contributed by atoms with Crippen molar-refractivity contribution >= 4 is 5.82 Å². The highest BCUT2D eigenvalue weighted by Gasteiger charge is 2.28. The van der Waals surface area contributed by atoms with E-state index >= 15 is 0 Å². The van der Waals surface area contributed by atoms with Crippen molar-refractivity contribution in [1.82, 2.24) is 9.55 Å². The summed E-state index contributed by atoms with van der Waals surface area (Å²) in [7, 11) is 0. The summed E-state index contributed by atoms with van der Waals surface area (Å²) in [5.74, 6) is 0.183. The van der Waals surface area contributed by atoms with Crippen LogP contribution in [0.1, 0.15) is 11.8 Å². The Balaban J connectivity index is 1.51. The van der Waals surface area contributed by atoms with Crippen LogP contribution in [0.25, 0.3) is 0 Å². The predicted molar refractivity (Wildman–Crippen MR) is 78.9 cm³/mol. The van der Waals surface area contributed by atoms with Crippen LogP contribution in [0, 0.1) is 0 Å². The third kappa shape index (κ3) is 3.51. The number of hydrogen-bond donors (Lipinski definition) is 1. The molecule has 1 fully saturated rings. The zero-order chi connectivity index (χ0) is 15.4. The molecule has 0 spiro atoms. The highest BCUT2D eigenvalue weighted by Crippen LogP contribution is 2.20. The second-order valence-electron chi connectivity index (χ2n) is 4.90. The van der Waals surface area contributed by atoms with E-state index < -0.39 is 18.2 Å². The molecule has 7 heteroatoms. The van der Waals surface area contributed by atoms with E-state index in [-0.39, 0.29) is 12.4 Å². The van der Waals surface area contributed by atoms with Gasteiger partial charge in [0.25, 0.3) is 0 Å². The average Bonchev–Trinajstić information content (AvgIpc) is 2.97. The molecule has 1 aliphatic heterocycles. The van der Waals surface area contributed by atoms with E-state index in [0.717, 1.165) is 5.56 Å². The highest BCUT2D eigenvalue weighted by atomic mass is 16.7. The van der Waals surface area contributed by atoms with Gasteiger partial charge in [0.2, 0.25) is 0 Å². The van der Waals surface area contributed by atoms with E-state index in [1.807, 2.05) is 30.3 Å². The predicted octanol–water partition coefficient (Wildman–Crippen LogP) is 0.914. The monoisotopic (exact) mass is 303 g/mol. The van der Waals surface area contributed by atoms with Crippen molar-refractivity contribution in [3.63, 3.8) is 0 Å². The van der Waals surface area contributed by atoms with E-state index in [4.69, 9.17) is 19.9 Å². The van der Waals surface area contributed by atoms with Crippen molar-refractivity contribution in [1.29, 1.82) is 0 Å². The first kappa shape index (κ1) is 14.7. The molecule has 116 valence electrons. The van der Waals surface area contributed by atoms with Gasteiger partial charge >= 0.3 is 5.69 Å². The summed E-state index contributed by atoms with van der Waals surface area (Å²) in [6, 6.07) is 11.4. The number of nitrogen functional groups attached to an aromatic ring is 1. The molecule has 2 aromatic rings. The SMILES string of the molecule is Nc1ccn(C2CO[C@H](COCc3ccccc3)O2)c(=O)n1. The van der Waals surface area contributed by atoms with Gasteiger partial charge in [0, 0.05) is 6.20 Å². The molecule has 0 aliphatic carbocycles. The smallest absolute Gasteiger partial charge is 0.351 e. The summed E-state index contributed by atoms with van der Waals surface area (Å²) in [6.07, 6.45) is 0.537. The number of nitrogens with two attached hydrogens (primary N) is 1. The van der Waals surface area contributed by atoms with Crippen LogP contribution in [0.4, 0.5) is 5.82 Å². The van der Waals surface area contributed by atoms with Crippen molar-refractivity contribution in [2.45, 2.75) is 19.1 Å². The first-order valence-electron chi connectivity index (χ1n) is 6.96. The van der Waals surface area contributed by atoms with Crippen LogP contribution in [-0.4, -0.2) is 29.1 Å². The highest BCUT2D eigenvalue weighted by molar-refractivity contribution is 5.23. The average molecular weight is 303 g/mol. The lowest BCUT2D eigenvalue weighted by atomic mass is 10.2. The van der Waals surface area contributed by atoms with Crippen molar-refractivity contribution < 1.29 is 14.2 Å². The fourth-order valence-corrected chi connectivity index (χ4v) is 2.17. The van der Waals surface area contributed by atoms with Crippen LogP contribution in [0.5, 0.6) is 0 Å². The molecule has 0 saturated carbocycles. The summed E-state index contributed by atoms with van der Waals surface area (Å²) in [6.45, 7) is 1.05. The number of anilines is 1. The van der Waals surface area contributed by atoms with Crippen molar-refractivity contribution in [2.75, 3.05) is 18.9 Å². The maximum Gasteiger partial charge on any atom is 0.351 e. The van der Waals surface area contributed by atoms with Crippen molar-refractivity contribution in [3.05, 3.63) is 58.6 Å². The molecule has 0 amide bonds. The van der Waals surface area contributed by atoms with Crippen molar-refractivity contribution in [2.24, 2.45) is 0 Å². The fraction of sp³-hybridized carbons (Fsp3) is 0.333. The normalized spacial score (nSPS) is 21.1. The van der Waals surface area contributed by atoms with Crippen LogP contribution in [-0.2, 0) is 20.8 Å². The van der Waals surface area contributed by atoms with Crippen LogP contribution >= 0.6 is 0 Å². The number of nitrogens with zero attached hydrogens (tertiary/aromatic N) is 2. The minimum atomic E-state index is -0.508. The molecule has 0 radical (unpaired) electrons. The summed E-state index contributed by atoms with van der Waals surface area (Å²) in [5, 5.41) is 0. The number of aromatic nitrogens is 2. The van der Waals surface area contributed by atoms with Gasteiger partial charge in [0.1, 0.15) is 5.82 Å². The molecule has 7 nitrogen and oxygen atoms in total. The van der Waals surface area contributed by atoms with Gasteiger partial charge < -0.3 is 19.9 Å². The molecule has 22 heavy (non-hydrogen) atoms. The Hall–Kier alpha value is -2.22. The molecular formula is C15H17N3O4. The molecule has 3 rings (SSSR count). The number of hydrogen-bond acceptors (Lipinski definition) is 6. The molecular weight excluding hydrogens is 286 g/mol. The van der Waals surface area contributed by atoms with Gasteiger partial charge in [-0.15, -0.1) is 0 Å². The van der Waals surface area contributed by atoms with E-state index in [0.29, 0.717) is 13.2 Å². The molecule has 1 saturated heterocycles. The molecule has 2 heterocycles. The van der Waals surface area contributed by atoms with Gasteiger partial charge in [0.15, 0.2) is 12.5 Å². The minimum Gasteiger partial charge on any atom is -0.383 e. The summed E-state index contributed by atoms with van der Waals surface area (Å²) < 4.78 is 18.0. The molecule has 1 aromatic carbocycles. The molecule has 1 aromatic heterocycles. The zero-order valence-corrected chi connectivity index (χ0v) is 11.9. The molecule has 0 bridgehead atoms. The van der Waals surface area contributed by atoms with Gasteiger partial charge in [-0.05, 0) is 11.6 Å². The van der Waals surface area contributed by atoms with Gasteiger partial charge in [-0.3, -0.25) is 4.57 Å². The van der Waals surface area contributed by atoms with Gasteiger partial charge in [-0.1, -0.05) is 30.3 Å². The lowest BCUT2D eigenvalue weighted by Gasteiger charge is -2.13. The van der Waals surface area contributed by atoms with E-state index in [2.05, 4.69) is 4.98 Å². The van der Waals surface area contributed by atoms with Gasteiger partial charge in [-0.2, -0.15) is 4.98 Å². The molecule has 2 atom stereocenters. The largest absolute Gasteiger partial charge is 0.383 e. The second kappa shape index (κ2) is 6.69. The van der Waals surface area contributed by atoms with Crippen molar-refractivity contribution in [3.8, 4) is 0 Å². The Bertz CT molecular complexity index is 674. The Morgan fingerprint density at radius 3 is 2.91 bits per heavy atom. The van der Waals surface area contributed by atoms with Gasteiger partial charge in [0.05, 0.1) is 19.8 Å². The zero-order valence-electron chi connectivity index (χ0n) is 11.9. The summed E-state index contributed by atoms with van der Waals surface area (Å²) in [5.41, 5.74) is 6.08. The standard InChI is InChI=1S/C15H17N3O4/c16-12-6-7-18(15(19)17-12)13-9-21-14(22-13)10-20-8-11-4-2-1-3-5-11/h1-7,13-14H,8-10H2,(H2,16,17,19)/t13?,14-/m0/s1. The summed E-state index contributed by atoms with van der Waals surface area (Å²) >= 11 is 0. The Kier molecular flexibility index (Phi) is 4.47. The van der Waals surface area contributed by atoms with Gasteiger partial charge in [-0.25, -0.2) is 4.79 Å². The second-order valence-corrected chi connectivity index (χ2v) is 4.90. The van der Waals surface area contributed by atoms with E-state index in [1.165, 1.54) is 4.57 Å². The van der Waals surface area contributed by atoms with E-state index in [1.54, 1.807) is 12.3 Å². The molecule has 2 N–H and O–H groups in total. The quantitative estimate of drug-likeness (QED) is 0.883. The molecule has 1 aliphatic rings. The maximum atomic E-state index is 11.7. The lowest BCUT2D eigenvalue weighted by Crippen LogP contribution is -2.28. The minimum absolute atomic E-state index is 0.183. The topological polar surface area (TPSA) is 88.6 Å². The number of rotatable bonds is 5.